The molecule has 0 aliphatic rings. The number of hydrogen-bond acceptors (Lipinski definition) is 5. The third-order valence-corrected chi connectivity index (χ3v) is 4.47. The Morgan fingerprint density at radius 3 is 2.36 bits per heavy atom. The van der Waals surface area contributed by atoms with Crippen molar-refractivity contribution in [3.8, 4) is 0 Å². The number of aromatic nitrogens is 1. The highest BCUT2D eigenvalue weighted by Crippen LogP contribution is 2.18. The Balaban J connectivity index is 1.60. The number of Topliss-reactive ketones (excluding diaryl/α,β-unsaturated/α-hetero) is 1. The molecule has 0 radical (unpaired) electrons. The Labute approximate surface area is 163 Å². The summed E-state index contributed by atoms with van der Waals surface area (Å²) in [7, 11) is 0. The van der Waals surface area contributed by atoms with Crippen LogP contribution in [-0.2, 0) is 11.2 Å². The molecule has 6 nitrogen and oxygen atoms in total. The van der Waals surface area contributed by atoms with E-state index in [4.69, 9.17) is 11.5 Å². The van der Waals surface area contributed by atoms with Crippen LogP contribution in [0.1, 0.15) is 33.9 Å². The fraction of sp³-hybridized carbons (Fsp3) is 0.136. The van der Waals surface area contributed by atoms with Gasteiger partial charge in [-0.25, -0.2) is 4.98 Å². The summed E-state index contributed by atoms with van der Waals surface area (Å²) in [5, 5.41) is 2.71. The van der Waals surface area contributed by atoms with E-state index in [1.54, 1.807) is 42.6 Å². The van der Waals surface area contributed by atoms with Gasteiger partial charge in [-0.15, -0.1) is 0 Å². The maximum atomic E-state index is 12.4. The molecule has 0 saturated heterocycles. The molecule has 3 aromatic rings. The maximum Gasteiger partial charge on any atom is 0.255 e. The van der Waals surface area contributed by atoms with Gasteiger partial charge in [-0.3, -0.25) is 9.59 Å². The number of carbonyl (C=O) groups excluding carboxylic acids is 2. The van der Waals surface area contributed by atoms with Crippen LogP contribution in [-0.4, -0.2) is 16.7 Å². The zero-order valence-electron chi connectivity index (χ0n) is 15.3. The number of nitrogens with one attached hydrogen (secondary N) is 1. The molecule has 5 N–H and O–H groups in total. The second kappa shape index (κ2) is 8.92. The molecule has 1 unspecified atom stereocenters. The predicted molar refractivity (Wildman–Crippen MR) is 110 cm³/mol. The number of pyridine rings is 1. The Bertz CT molecular complexity index is 956. The minimum atomic E-state index is -0.713. The van der Waals surface area contributed by atoms with Gasteiger partial charge in [0.2, 0.25) is 0 Å². The second-order valence-corrected chi connectivity index (χ2v) is 6.44. The van der Waals surface area contributed by atoms with Crippen LogP contribution in [0.3, 0.4) is 0 Å². The lowest BCUT2D eigenvalue weighted by Gasteiger charge is -2.12. The summed E-state index contributed by atoms with van der Waals surface area (Å²) >= 11 is 0. The maximum absolute atomic E-state index is 12.4. The summed E-state index contributed by atoms with van der Waals surface area (Å²) in [6.07, 6.45) is 2.57. The minimum absolute atomic E-state index is 0.0378. The van der Waals surface area contributed by atoms with Gasteiger partial charge in [0.05, 0.1) is 11.7 Å². The Morgan fingerprint density at radius 2 is 1.68 bits per heavy atom. The largest absolute Gasteiger partial charge is 0.382 e. The molecular formula is C22H22N4O2. The van der Waals surface area contributed by atoms with Gasteiger partial charge < -0.3 is 16.8 Å². The molecule has 28 heavy (non-hydrogen) atoms. The molecule has 0 aliphatic heterocycles. The highest BCUT2D eigenvalue weighted by molar-refractivity contribution is 6.05. The quantitative estimate of drug-likeness (QED) is 0.588. The number of nitrogen functional groups attached to an aromatic ring is 1. The molecule has 0 spiro atoms. The number of rotatable bonds is 7. The molecule has 1 aromatic heterocycles. The average molecular weight is 374 g/mol. The summed E-state index contributed by atoms with van der Waals surface area (Å²) in [6, 6.07) is 19.1. The van der Waals surface area contributed by atoms with E-state index in [1.165, 1.54) is 0 Å². The van der Waals surface area contributed by atoms with E-state index in [0.717, 1.165) is 5.56 Å². The minimum Gasteiger partial charge on any atom is -0.382 e. The lowest BCUT2D eigenvalue weighted by molar-refractivity contribution is -0.120. The van der Waals surface area contributed by atoms with Crippen molar-refractivity contribution < 1.29 is 9.59 Å². The molecule has 3 rings (SSSR count). The molecule has 1 heterocycles. The first-order valence-electron chi connectivity index (χ1n) is 8.98. The molecular weight excluding hydrogens is 352 g/mol. The van der Waals surface area contributed by atoms with E-state index in [1.807, 2.05) is 30.3 Å². The van der Waals surface area contributed by atoms with Crippen LogP contribution in [0.4, 0.5) is 11.5 Å². The van der Waals surface area contributed by atoms with E-state index in [0.29, 0.717) is 29.7 Å². The lowest BCUT2D eigenvalue weighted by atomic mass is 9.97. The van der Waals surface area contributed by atoms with Gasteiger partial charge in [-0.1, -0.05) is 42.5 Å². The standard InChI is InChI=1S/C22H22N4O2/c23-20(19(27)13-8-15-5-2-1-3-6-15)16-9-11-17(12-10-16)22(28)26-18-7-4-14-25-21(18)24/h1-7,9-12,14,20H,8,13,23H2,(H2,24,25)(H,26,28). The normalized spacial score (nSPS) is 11.6. The number of anilines is 2. The van der Waals surface area contributed by atoms with E-state index in [9.17, 15) is 9.59 Å². The zero-order chi connectivity index (χ0) is 19.9. The first-order chi connectivity index (χ1) is 13.5. The number of amides is 1. The van der Waals surface area contributed by atoms with Gasteiger partial charge in [-0.05, 0) is 41.8 Å². The first-order valence-corrected chi connectivity index (χ1v) is 8.98. The van der Waals surface area contributed by atoms with Crippen LogP contribution in [0.5, 0.6) is 0 Å². The van der Waals surface area contributed by atoms with E-state index < -0.39 is 6.04 Å². The molecule has 1 amide bonds. The number of benzene rings is 2. The van der Waals surface area contributed by atoms with Gasteiger partial charge >= 0.3 is 0 Å². The average Bonchev–Trinajstić information content (AvgIpc) is 2.74. The Hall–Kier alpha value is -3.51. The van der Waals surface area contributed by atoms with Crippen molar-refractivity contribution >= 4 is 23.2 Å². The fourth-order valence-corrected chi connectivity index (χ4v) is 2.81. The SMILES string of the molecule is Nc1ncccc1NC(=O)c1ccc(C(N)C(=O)CCc2ccccc2)cc1. The third-order valence-electron chi connectivity index (χ3n) is 4.47. The van der Waals surface area contributed by atoms with Crippen LogP contribution in [0.2, 0.25) is 0 Å². The van der Waals surface area contributed by atoms with E-state index in [2.05, 4.69) is 10.3 Å². The summed E-state index contributed by atoms with van der Waals surface area (Å²) in [5.41, 5.74) is 14.5. The smallest absolute Gasteiger partial charge is 0.255 e. The number of nitrogens with zero attached hydrogens (tertiary/aromatic N) is 1. The van der Waals surface area contributed by atoms with Crippen molar-refractivity contribution in [2.45, 2.75) is 18.9 Å². The summed E-state index contributed by atoms with van der Waals surface area (Å²) in [6.45, 7) is 0. The van der Waals surface area contributed by atoms with Crippen LogP contribution >= 0.6 is 0 Å². The Kier molecular flexibility index (Phi) is 6.14. The van der Waals surface area contributed by atoms with Crippen molar-refractivity contribution in [2.24, 2.45) is 5.73 Å². The van der Waals surface area contributed by atoms with Crippen LogP contribution in [0.15, 0.2) is 72.9 Å². The molecule has 0 fully saturated rings. The van der Waals surface area contributed by atoms with Crippen LogP contribution in [0.25, 0.3) is 0 Å². The van der Waals surface area contributed by atoms with Gasteiger partial charge in [-0.2, -0.15) is 0 Å². The highest BCUT2D eigenvalue weighted by atomic mass is 16.1. The van der Waals surface area contributed by atoms with Gasteiger partial charge in [0.25, 0.3) is 5.91 Å². The number of carbonyl (C=O) groups is 2. The third kappa shape index (κ3) is 4.81. The summed E-state index contributed by atoms with van der Waals surface area (Å²) in [4.78, 5) is 28.7. The molecule has 6 heteroatoms. The van der Waals surface area contributed by atoms with Crippen LogP contribution < -0.4 is 16.8 Å². The van der Waals surface area contributed by atoms with E-state index in [-0.39, 0.29) is 17.5 Å². The van der Waals surface area contributed by atoms with Gasteiger partial charge in [0.15, 0.2) is 5.78 Å². The number of hydrogen-bond donors (Lipinski definition) is 3. The molecule has 2 aromatic carbocycles. The number of ketones is 1. The molecule has 0 saturated carbocycles. The predicted octanol–water partition coefficient (Wildman–Crippen LogP) is 3.12. The van der Waals surface area contributed by atoms with Crippen molar-refractivity contribution in [3.63, 3.8) is 0 Å². The summed E-state index contributed by atoms with van der Waals surface area (Å²) in [5.74, 6) is -0.0991. The molecule has 142 valence electrons. The molecule has 0 aliphatic carbocycles. The first kappa shape index (κ1) is 19.3. The van der Waals surface area contributed by atoms with Crippen molar-refractivity contribution in [1.82, 2.24) is 4.98 Å². The molecule has 1 atom stereocenters. The van der Waals surface area contributed by atoms with Gasteiger partial charge in [0.1, 0.15) is 5.82 Å². The lowest BCUT2D eigenvalue weighted by Crippen LogP contribution is -2.22. The summed E-state index contributed by atoms with van der Waals surface area (Å²) < 4.78 is 0. The Morgan fingerprint density at radius 1 is 0.964 bits per heavy atom. The molecule has 0 bridgehead atoms. The number of aryl methyl sites for hydroxylation is 1. The zero-order valence-corrected chi connectivity index (χ0v) is 15.3. The second-order valence-electron chi connectivity index (χ2n) is 6.44. The van der Waals surface area contributed by atoms with Crippen LogP contribution in [0, 0.1) is 0 Å². The van der Waals surface area contributed by atoms with Gasteiger partial charge in [0, 0.05) is 18.2 Å². The monoisotopic (exact) mass is 374 g/mol. The number of nitrogens with two attached hydrogens (primary N) is 2. The fourth-order valence-electron chi connectivity index (χ4n) is 2.81. The van der Waals surface area contributed by atoms with Crippen molar-refractivity contribution in [3.05, 3.63) is 89.6 Å². The van der Waals surface area contributed by atoms with E-state index >= 15 is 0 Å². The highest BCUT2D eigenvalue weighted by Gasteiger charge is 2.16. The van der Waals surface area contributed by atoms with Crippen molar-refractivity contribution in [1.29, 1.82) is 0 Å². The van der Waals surface area contributed by atoms with Crippen molar-refractivity contribution in [2.75, 3.05) is 11.1 Å². The topological polar surface area (TPSA) is 111 Å².